The molecule has 1 unspecified atom stereocenters. The number of ether oxygens (including phenoxy) is 2. The number of benzene rings is 2. The van der Waals surface area contributed by atoms with Gasteiger partial charge in [-0.3, -0.25) is 9.78 Å². The fourth-order valence-electron chi connectivity index (χ4n) is 2.86. The smallest absolute Gasteiger partial charge is 0.288 e. The lowest BCUT2D eigenvalue weighted by molar-refractivity contribution is 0.0939. The maximum Gasteiger partial charge on any atom is 0.288 e. The zero-order chi connectivity index (χ0) is 22.2. The maximum atomic E-state index is 12.5. The number of alkyl halides is 2. The molecule has 1 heterocycles. The van der Waals surface area contributed by atoms with Crippen LogP contribution >= 0.6 is 11.8 Å². The fourth-order valence-corrected chi connectivity index (χ4v) is 3.36. The fraction of sp³-hybridized carbons (Fsp3) is 0.217. The Kier molecular flexibility index (Phi) is 7.83. The Labute approximate surface area is 183 Å². The largest absolute Gasteiger partial charge is 0.493 e. The third-order valence-corrected chi connectivity index (χ3v) is 5.24. The molecule has 1 amide bonds. The van der Waals surface area contributed by atoms with Gasteiger partial charge in [0.2, 0.25) is 0 Å². The molecule has 0 saturated heterocycles. The Hall–Kier alpha value is -3.13. The van der Waals surface area contributed by atoms with Crippen molar-refractivity contribution >= 4 is 17.7 Å². The van der Waals surface area contributed by atoms with E-state index in [0.29, 0.717) is 40.3 Å². The van der Waals surface area contributed by atoms with Crippen LogP contribution in [-0.2, 0) is 6.61 Å². The molecule has 3 aromatic rings. The summed E-state index contributed by atoms with van der Waals surface area (Å²) in [6, 6.07) is 15.0. The van der Waals surface area contributed by atoms with Crippen LogP contribution in [0, 0.1) is 0 Å². The number of carbonyl (C=O) groups is 1. The van der Waals surface area contributed by atoms with Gasteiger partial charge in [-0.2, -0.15) is 8.78 Å². The van der Waals surface area contributed by atoms with Crippen molar-refractivity contribution in [3.63, 3.8) is 0 Å². The first-order chi connectivity index (χ1) is 15.0. The van der Waals surface area contributed by atoms with Gasteiger partial charge in [0.1, 0.15) is 6.61 Å². The molecule has 31 heavy (non-hydrogen) atoms. The summed E-state index contributed by atoms with van der Waals surface area (Å²) in [5.41, 5.74) is 2.22. The van der Waals surface area contributed by atoms with Gasteiger partial charge in [-0.05, 0) is 66.6 Å². The summed E-state index contributed by atoms with van der Waals surface area (Å²) < 4.78 is 36.1. The van der Waals surface area contributed by atoms with Crippen molar-refractivity contribution in [3.8, 4) is 11.5 Å². The zero-order valence-electron chi connectivity index (χ0n) is 17.0. The molecule has 1 aromatic heterocycles. The number of pyridine rings is 1. The Bertz CT molecular complexity index is 1000. The van der Waals surface area contributed by atoms with E-state index in [4.69, 9.17) is 9.47 Å². The normalized spacial score (nSPS) is 11.8. The average molecular weight is 445 g/mol. The lowest BCUT2D eigenvalue weighted by Gasteiger charge is -2.17. The molecule has 1 atom stereocenters. The number of nitrogens with one attached hydrogen (secondary N) is 1. The molecule has 0 aliphatic rings. The van der Waals surface area contributed by atoms with Crippen molar-refractivity contribution in [2.75, 3.05) is 7.11 Å². The molecule has 1 N–H and O–H groups in total. The van der Waals surface area contributed by atoms with E-state index in [2.05, 4.69) is 10.3 Å². The van der Waals surface area contributed by atoms with Gasteiger partial charge in [-0.25, -0.2) is 0 Å². The van der Waals surface area contributed by atoms with Crippen molar-refractivity contribution in [3.05, 3.63) is 83.7 Å². The minimum absolute atomic E-state index is 0.293. The molecule has 3 rings (SSSR count). The van der Waals surface area contributed by atoms with Crippen LogP contribution in [0.1, 0.15) is 34.5 Å². The van der Waals surface area contributed by atoms with Crippen molar-refractivity contribution in [1.29, 1.82) is 0 Å². The predicted octanol–water partition coefficient (Wildman–Crippen LogP) is 5.47. The standard InChI is InChI=1S/C23H22F2N2O3S/c1-15(27-22(28)17-3-6-19(7-4-17)31-23(24)25)18-5-8-20(21(13-18)29-2)30-14-16-9-11-26-12-10-16/h3-13,15,23H,14H2,1-2H3,(H,27,28). The number of halogens is 2. The Morgan fingerprint density at radius 2 is 1.77 bits per heavy atom. The first kappa shape index (κ1) is 22.6. The second-order valence-corrected chi connectivity index (χ2v) is 7.72. The molecule has 0 aliphatic heterocycles. The van der Waals surface area contributed by atoms with E-state index in [-0.39, 0.29) is 11.9 Å². The van der Waals surface area contributed by atoms with E-state index >= 15 is 0 Å². The molecular formula is C23H22F2N2O3S. The molecular weight excluding hydrogens is 422 g/mol. The number of hydrogen-bond acceptors (Lipinski definition) is 5. The molecule has 0 bridgehead atoms. The Morgan fingerprint density at radius 1 is 1.06 bits per heavy atom. The summed E-state index contributed by atoms with van der Waals surface area (Å²) in [5.74, 6) is -1.64. The monoisotopic (exact) mass is 444 g/mol. The lowest BCUT2D eigenvalue weighted by Crippen LogP contribution is -2.26. The van der Waals surface area contributed by atoms with Gasteiger partial charge >= 0.3 is 0 Å². The number of carbonyl (C=O) groups excluding carboxylic acids is 1. The highest BCUT2D eigenvalue weighted by Gasteiger charge is 2.15. The first-order valence-corrected chi connectivity index (χ1v) is 10.4. The van der Waals surface area contributed by atoms with Crippen LogP contribution in [0.15, 0.2) is 71.9 Å². The van der Waals surface area contributed by atoms with Gasteiger partial charge in [-0.15, -0.1) is 0 Å². The molecule has 0 radical (unpaired) electrons. The summed E-state index contributed by atoms with van der Waals surface area (Å²) in [7, 11) is 1.56. The number of nitrogens with zero attached hydrogens (tertiary/aromatic N) is 1. The first-order valence-electron chi connectivity index (χ1n) is 9.51. The van der Waals surface area contributed by atoms with E-state index in [9.17, 15) is 13.6 Å². The topological polar surface area (TPSA) is 60.5 Å². The van der Waals surface area contributed by atoms with Crippen LogP contribution in [-0.4, -0.2) is 23.8 Å². The summed E-state index contributed by atoms with van der Waals surface area (Å²) in [5, 5.41) is 2.90. The number of methoxy groups -OCH3 is 1. The summed E-state index contributed by atoms with van der Waals surface area (Å²) in [6.07, 6.45) is 3.41. The van der Waals surface area contributed by atoms with Crippen molar-refractivity contribution in [1.82, 2.24) is 10.3 Å². The number of rotatable bonds is 9. The summed E-state index contributed by atoms with van der Waals surface area (Å²) >= 11 is 0.444. The molecule has 162 valence electrons. The van der Waals surface area contributed by atoms with Crippen LogP contribution in [0.5, 0.6) is 11.5 Å². The van der Waals surface area contributed by atoms with Gasteiger partial charge in [0.05, 0.1) is 13.2 Å². The van der Waals surface area contributed by atoms with Crippen LogP contribution in [0.3, 0.4) is 0 Å². The molecule has 5 nitrogen and oxygen atoms in total. The number of amides is 1. The molecule has 2 aromatic carbocycles. The summed E-state index contributed by atoms with van der Waals surface area (Å²) in [6.45, 7) is 2.23. The number of thioether (sulfide) groups is 1. The van der Waals surface area contributed by atoms with Gasteiger partial charge in [-0.1, -0.05) is 17.8 Å². The van der Waals surface area contributed by atoms with Crippen molar-refractivity contribution < 1.29 is 23.0 Å². The van der Waals surface area contributed by atoms with E-state index in [0.717, 1.165) is 11.1 Å². The van der Waals surface area contributed by atoms with Crippen molar-refractivity contribution in [2.24, 2.45) is 0 Å². The highest BCUT2D eigenvalue weighted by molar-refractivity contribution is 7.99. The summed E-state index contributed by atoms with van der Waals surface area (Å²) in [4.78, 5) is 16.9. The third-order valence-electron chi connectivity index (χ3n) is 4.52. The number of hydrogen-bond donors (Lipinski definition) is 1. The predicted molar refractivity (Wildman–Crippen MR) is 116 cm³/mol. The number of aromatic nitrogens is 1. The SMILES string of the molecule is COc1cc(C(C)NC(=O)c2ccc(SC(F)F)cc2)ccc1OCc1ccncc1. The third kappa shape index (κ3) is 6.42. The lowest BCUT2D eigenvalue weighted by atomic mass is 10.1. The second-order valence-electron chi connectivity index (χ2n) is 6.65. The van der Waals surface area contributed by atoms with Crippen LogP contribution in [0.25, 0.3) is 0 Å². The minimum atomic E-state index is -2.49. The van der Waals surface area contributed by atoms with E-state index < -0.39 is 5.76 Å². The Morgan fingerprint density at radius 3 is 2.42 bits per heavy atom. The van der Waals surface area contributed by atoms with E-state index in [1.165, 1.54) is 24.3 Å². The quantitative estimate of drug-likeness (QED) is 0.443. The van der Waals surface area contributed by atoms with E-state index in [1.54, 1.807) is 25.6 Å². The van der Waals surface area contributed by atoms with Crippen molar-refractivity contribution in [2.45, 2.75) is 30.2 Å². The van der Waals surface area contributed by atoms with Crippen LogP contribution < -0.4 is 14.8 Å². The molecule has 0 aliphatic carbocycles. The highest BCUT2D eigenvalue weighted by atomic mass is 32.2. The van der Waals surface area contributed by atoms with Gasteiger partial charge < -0.3 is 14.8 Å². The van der Waals surface area contributed by atoms with Gasteiger partial charge in [0.25, 0.3) is 11.7 Å². The average Bonchev–Trinajstić information content (AvgIpc) is 2.78. The van der Waals surface area contributed by atoms with Gasteiger partial charge in [0, 0.05) is 22.9 Å². The highest BCUT2D eigenvalue weighted by Crippen LogP contribution is 2.31. The molecule has 0 saturated carbocycles. The minimum Gasteiger partial charge on any atom is -0.493 e. The second kappa shape index (κ2) is 10.8. The molecule has 0 spiro atoms. The molecule has 0 fully saturated rings. The molecule has 8 heteroatoms. The maximum absolute atomic E-state index is 12.5. The van der Waals surface area contributed by atoms with Crippen LogP contribution in [0.2, 0.25) is 0 Å². The van der Waals surface area contributed by atoms with Gasteiger partial charge in [0.15, 0.2) is 11.5 Å². The zero-order valence-corrected chi connectivity index (χ0v) is 17.9. The van der Waals surface area contributed by atoms with Crippen LogP contribution in [0.4, 0.5) is 8.78 Å². The Balaban J connectivity index is 1.64. The van der Waals surface area contributed by atoms with E-state index in [1.807, 2.05) is 31.2 Å².